The van der Waals surface area contributed by atoms with Crippen LogP contribution in [0.25, 0.3) is 0 Å². The first-order chi connectivity index (χ1) is 10.2. The van der Waals surface area contributed by atoms with Gasteiger partial charge in [0.2, 0.25) is 5.91 Å². The van der Waals surface area contributed by atoms with Crippen LogP contribution in [0.1, 0.15) is 34.1 Å². The topological polar surface area (TPSA) is 58.6 Å². The second-order valence-electron chi connectivity index (χ2n) is 6.15. The van der Waals surface area contributed by atoms with Crippen LogP contribution in [0.4, 0.5) is 5.69 Å². The zero-order chi connectivity index (χ0) is 16.5. The Morgan fingerprint density at radius 2 is 2.09 bits per heavy atom. The second kappa shape index (κ2) is 6.16. The summed E-state index contributed by atoms with van der Waals surface area (Å²) in [6.07, 6.45) is 0.228. The van der Waals surface area contributed by atoms with Crippen LogP contribution in [0.2, 0.25) is 5.02 Å². The summed E-state index contributed by atoms with van der Waals surface area (Å²) < 4.78 is 5.74. The Balaban J connectivity index is 2.23. The van der Waals surface area contributed by atoms with Gasteiger partial charge >= 0.3 is 0 Å². The van der Waals surface area contributed by atoms with Gasteiger partial charge in [-0.3, -0.25) is 9.59 Å². The van der Waals surface area contributed by atoms with Gasteiger partial charge in [-0.2, -0.15) is 0 Å². The molecule has 0 bridgehead atoms. The monoisotopic (exact) mass is 324 g/mol. The van der Waals surface area contributed by atoms with Gasteiger partial charge in [0, 0.05) is 24.0 Å². The van der Waals surface area contributed by atoms with E-state index < -0.39 is 5.60 Å². The van der Waals surface area contributed by atoms with Gasteiger partial charge in [0.1, 0.15) is 5.75 Å². The van der Waals surface area contributed by atoms with E-state index in [-0.39, 0.29) is 30.8 Å². The number of hydrogen-bond donors (Lipinski definition) is 1. The maximum Gasteiger partial charge on any atom is 0.270 e. The van der Waals surface area contributed by atoms with E-state index in [1.807, 2.05) is 13.8 Å². The molecule has 0 fully saturated rings. The molecule has 0 spiro atoms. The van der Waals surface area contributed by atoms with Gasteiger partial charge < -0.3 is 15.0 Å². The fraction of sp³-hybridized carbons (Fsp3) is 0.500. The van der Waals surface area contributed by atoms with E-state index in [1.54, 1.807) is 36.9 Å². The Morgan fingerprint density at radius 1 is 1.41 bits per heavy atom. The SMILES string of the molecule is CC(C)NC(=O)CCN1C(=O)C(C)(C)Oc2ccc(Cl)cc21. The quantitative estimate of drug-likeness (QED) is 0.926. The maximum absolute atomic E-state index is 12.6. The summed E-state index contributed by atoms with van der Waals surface area (Å²) in [4.78, 5) is 26.0. The average Bonchev–Trinajstić information content (AvgIpc) is 2.39. The summed E-state index contributed by atoms with van der Waals surface area (Å²) >= 11 is 6.02. The van der Waals surface area contributed by atoms with Gasteiger partial charge in [0.05, 0.1) is 5.69 Å². The Morgan fingerprint density at radius 3 is 2.73 bits per heavy atom. The molecule has 0 unspecified atom stereocenters. The summed E-state index contributed by atoms with van der Waals surface area (Å²) in [5.41, 5.74) is -0.357. The van der Waals surface area contributed by atoms with Crippen molar-refractivity contribution in [3.05, 3.63) is 23.2 Å². The molecule has 5 nitrogen and oxygen atoms in total. The van der Waals surface area contributed by atoms with Crippen LogP contribution in [-0.2, 0) is 9.59 Å². The van der Waals surface area contributed by atoms with Crippen molar-refractivity contribution in [3.8, 4) is 5.75 Å². The van der Waals surface area contributed by atoms with E-state index in [9.17, 15) is 9.59 Å². The van der Waals surface area contributed by atoms with Gasteiger partial charge in [-0.15, -0.1) is 0 Å². The van der Waals surface area contributed by atoms with Gasteiger partial charge in [-0.05, 0) is 45.9 Å². The molecular weight excluding hydrogens is 304 g/mol. The highest BCUT2D eigenvalue weighted by Crippen LogP contribution is 2.39. The largest absolute Gasteiger partial charge is 0.476 e. The number of hydrogen-bond acceptors (Lipinski definition) is 3. The highest BCUT2D eigenvalue weighted by Gasteiger charge is 2.40. The Kier molecular flexibility index (Phi) is 4.66. The second-order valence-corrected chi connectivity index (χ2v) is 6.59. The van der Waals surface area contributed by atoms with E-state index in [4.69, 9.17) is 16.3 Å². The standard InChI is InChI=1S/C16H21ClN2O3/c1-10(2)18-14(20)7-8-19-12-9-11(17)5-6-13(12)22-16(3,4)15(19)21/h5-6,9-10H,7-8H2,1-4H3,(H,18,20). The van der Waals surface area contributed by atoms with Gasteiger partial charge in [-0.25, -0.2) is 0 Å². The number of benzene rings is 1. The molecule has 1 aliphatic heterocycles. The first-order valence-corrected chi connectivity index (χ1v) is 7.68. The molecule has 0 radical (unpaired) electrons. The van der Waals surface area contributed by atoms with E-state index in [0.29, 0.717) is 16.5 Å². The van der Waals surface area contributed by atoms with Crippen molar-refractivity contribution in [2.24, 2.45) is 0 Å². The molecule has 0 saturated carbocycles. The third kappa shape index (κ3) is 3.53. The van der Waals surface area contributed by atoms with Gasteiger partial charge in [0.25, 0.3) is 5.91 Å². The van der Waals surface area contributed by atoms with Crippen molar-refractivity contribution in [2.45, 2.75) is 45.8 Å². The third-order valence-corrected chi connectivity index (χ3v) is 3.58. The third-order valence-electron chi connectivity index (χ3n) is 3.35. The molecular formula is C16H21ClN2O3. The fourth-order valence-electron chi connectivity index (χ4n) is 2.37. The molecule has 1 aliphatic rings. The Hall–Kier alpha value is -1.75. The molecule has 0 aliphatic carbocycles. The van der Waals surface area contributed by atoms with Crippen LogP contribution in [0.3, 0.4) is 0 Å². The number of amides is 2. The smallest absolute Gasteiger partial charge is 0.270 e. The molecule has 1 N–H and O–H groups in total. The van der Waals surface area contributed by atoms with Crippen molar-refractivity contribution in [2.75, 3.05) is 11.4 Å². The highest BCUT2D eigenvalue weighted by molar-refractivity contribution is 6.31. The molecule has 1 aromatic carbocycles. The molecule has 6 heteroatoms. The molecule has 1 heterocycles. The molecule has 0 aromatic heterocycles. The number of fused-ring (bicyclic) bond motifs is 1. The zero-order valence-corrected chi connectivity index (χ0v) is 14.0. The average molecular weight is 325 g/mol. The number of nitrogens with zero attached hydrogens (tertiary/aromatic N) is 1. The highest BCUT2D eigenvalue weighted by atomic mass is 35.5. The number of rotatable bonds is 4. The van der Waals surface area contributed by atoms with E-state index in [0.717, 1.165) is 0 Å². The molecule has 120 valence electrons. The first kappa shape index (κ1) is 16.6. The molecule has 22 heavy (non-hydrogen) atoms. The number of halogens is 1. The first-order valence-electron chi connectivity index (χ1n) is 7.30. The molecule has 0 atom stereocenters. The van der Waals surface area contributed by atoms with Crippen molar-refractivity contribution < 1.29 is 14.3 Å². The van der Waals surface area contributed by atoms with E-state index in [2.05, 4.69) is 5.32 Å². The summed E-state index contributed by atoms with van der Waals surface area (Å²) in [7, 11) is 0. The van der Waals surface area contributed by atoms with E-state index >= 15 is 0 Å². The fourth-order valence-corrected chi connectivity index (χ4v) is 2.54. The Bertz CT molecular complexity index is 599. The van der Waals surface area contributed by atoms with Gasteiger partial charge in [0.15, 0.2) is 5.60 Å². The number of ether oxygens (including phenoxy) is 1. The van der Waals surface area contributed by atoms with Crippen LogP contribution >= 0.6 is 11.6 Å². The number of carbonyl (C=O) groups is 2. The molecule has 2 rings (SSSR count). The lowest BCUT2D eigenvalue weighted by Crippen LogP contribution is -2.53. The van der Waals surface area contributed by atoms with Crippen LogP contribution in [0, 0.1) is 0 Å². The van der Waals surface area contributed by atoms with Crippen LogP contribution in [0.15, 0.2) is 18.2 Å². The van der Waals surface area contributed by atoms with Crippen LogP contribution in [0.5, 0.6) is 5.75 Å². The van der Waals surface area contributed by atoms with Crippen molar-refractivity contribution >= 4 is 29.1 Å². The summed E-state index contributed by atoms with van der Waals surface area (Å²) in [6, 6.07) is 5.22. The summed E-state index contributed by atoms with van der Waals surface area (Å²) in [5, 5.41) is 3.34. The lowest BCUT2D eigenvalue weighted by atomic mass is 10.0. The normalized spacial score (nSPS) is 16.3. The lowest BCUT2D eigenvalue weighted by Gasteiger charge is -2.38. The predicted molar refractivity (Wildman–Crippen MR) is 86.4 cm³/mol. The lowest BCUT2D eigenvalue weighted by molar-refractivity contribution is -0.132. The minimum atomic E-state index is -0.963. The molecule has 0 saturated heterocycles. The van der Waals surface area contributed by atoms with Crippen LogP contribution in [-0.4, -0.2) is 30.0 Å². The molecule has 2 amide bonds. The van der Waals surface area contributed by atoms with E-state index in [1.165, 1.54) is 0 Å². The minimum Gasteiger partial charge on any atom is -0.476 e. The van der Waals surface area contributed by atoms with Crippen molar-refractivity contribution in [1.29, 1.82) is 0 Å². The number of carbonyl (C=O) groups excluding carboxylic acids is 2. The van der Waals surface area contributed by atoms with Gasteiger partial charge in [-0.1, -0.05) is 11.6 Å². The minimum absolute atomic E-state index is 0.0751. The zero-order valence-electron chi connectivity index (χ0n) is 13.3. The summed E-state index contributed by atoms with van der Waals surface area (Å²) in [6.45, 7) is 7.52. The van der Waals surface area contributed by atoms with Crippen molar-refractivity contribution in [1.82, 2.24) is 5.32 Å². The maximum atomic E-state index is 12.6. The Labute approximate surface area is 135 Å². The number of nitrogens with one attached hydrogen (secondary N) is 1. The molecule has 1 aromatic rings. The van der Waals surface area contributed by atoms with Crippen molar-refractivity contribution in [3.63, 3.8) is 0 Å². The summed E-state index contributed by atoms with van der Waals surface area (Å²) in [5.74, 6) is 0.327. The number of anilines is 1. The predicted octanol–water partition coefficient (Wildman–Crippen LogP) is 2.76. The van der Waals surface area contributed by atoms with Crippen LogP contribution < -0.4 is 15.0 Å².